The first-order chi connectivity index (χ1) is 6.16. The molecular formula is C10H18N2O. The van der Waals surface area contributed by atoms with Gasteiger partial charge < -0.3 is 11.5 Å². The van der Waals surface area contributed by atoms with Gasteiger partial charge in [-0.05, 0) is 37.0 Å². The van der Waals surface area contributed by atoms with Crippen LogP contribution >= 0.6 is 0 Å². The Balaban J connectivity index is 1.91. The van der Waals surface area contributed by atoms with E-state index in [2.05, 4.69) is 0 Å². The van der Waals surface area contributed by atoms with Gasteiger partial charge in [0.2, 0.25) is 5.91 Å². The number of fused-ring (bicyclic) bond motifs is 2. The third-order valence-corrected chi connectivity index (χ3v) is 3.78. The van der Waals surface area contributed by atoms with Crippen LogP contribution in [0.1, 0.15) is 32.1 Å². The molecule has 4 N–H and O–H groups in total. The molecule has 0 saturated heterocycles. The Labute approximate surface area is 78.9 Å². The number of carbonyl (C=O) groups is 1. The fraction of sp³-hybridized carbons (Fsp3) is 0.900. The number of carbonyl (C=O) groups excluding carboxylic acids is 1. The van der Waals surface area contributed by atoms with E-state index in [4.69, 9.17) is 11.5 Å². The summed E-state index contributed by atoms with van der Waals surface area (Å²) < 4.78 is 0. The van der Waals surface area contributed by atoms with Crippen LogP contribution in [0.2, 0.25) is 0 Å². The van der Waals surface area contributed by atoms with Crippen molar-refractivity contribution in [1.29, 1.82) is 0 Å². The predicted molar refractivity (Wildman–Crippen MR) is 50.7 cm³/mol. The molecule has 2 aliphatic rings. The molecule has 4 unspecified atom stereocenters. The van der Waals surface area contributed by atoms with Crippen LogP contribution < -0.4 is 11.5 Å². The van der Waals surface area contributed by atoms with Crippen molar-refractivity contribution in [3.63, 3.8) is 0 Å². The highest BCUT2D eigenvalue weighted by Crippen LogP contribution is 2.49. The maximum Gasteiger partial charge on any atom is 0.218 e. The summed E-state index contributed by atoms with van der Waals surface area (Å²) in [5.74, 6) is 2.01. The smallest absolute Gasteiger partial charge is 0.218 e. The molecule has 3 heteroatoms. The number of nitrogens with two attached hydrogens (primary N) is 2. The van der Waals surface area contributed by atoms with Crippen molar-refractivity contribution >= 4 is 5.91 Å². The molecule has 1 amide bonds. The average Bonchev–Trinajstić information content (AvgIpc) is 2.62. The van der Waals surface area contributed by atoms with Gasteiger partial charge in [-0.3, -0.25) is 4.79 Å². The Bertz CT molecular complexity index is 217. The van der Waals surface area contributed by atoms with E-state index in [9.17, 15) is 4.79 Å². The van der Waals surface area contributed by atoms with Gasteiger partial charge in [0, 0.05) is 12.5 Å². The molecule has 2 bridgehead atoms. The topological polar surface area (TPSA) is 69.1 Å². The lowest BCUT2D eigenvalue weighted by molar-refractivity contribution is -0.118. The maximum absolute atomic E-state index is 10.7. The largest absolute Gasteiger partial charge is 0.370 e. The summed E-state index contributed by atoms with van der Waals surface area (Å²) in [6.45, 7) is 0. The highest BCUT2D eigenvalue weighted by Gasteiger charge is 2.42. The summed E-state index contributed by atoms with van der Waals surface area (Å²) in [7, 11) is 0. The minimum Gasteiger partial charge on any atom is -0.370 e. The van der Waals surface area contributed by atoms with Crippen LogP contribution in [0.4, 0.5) is 0 Å². The molecule has 0 aliphatic heterocycles. The second-order valence-electron chi connectivity index (χ2n) is 4.67. The summed E-state index contributed by atoms with van der Waals surface area (Å²) in [5, 5.41) is 0. The SMILES string of the molecule is NC(=O)CC(N)C1CC2CCC1C2. The molecular weight excluding hydrogens is 164 g/mol. The van der Waals surface area contributed by atoms with Crippen molar-refractivity contribution in [2.75, 3.05) is 0 Å². The number of rotatable bonds is 3. The molecule has 2 saturated carbocycles. The summed E-state index contributed by atoms with van der Waals surface area (Å²) in [6, 6.07) is 0.0211. The van der Waals surface area contributed by atoms with Gasteiger partial charge in [-0.1, -0.05) is 6.42 Å². The molecule has 2 aliphatic carbocycles. The number of primary amides is 1. The first-order valence-electron chi connectivity index (χ1n) is 5.20. The fourth-order valence-electron chi connectivity index (χ4n) is 3.20. The molecule has 3 nitrogen and oxygen atoms in total. The van der Waals surface area contributed by atoms with E-state index >= 15 is 0 Å². The second-order valence-corrected chi connectivity index (χ2v) is 4.67. The van der Waals surface area contributed by atoms with E-state index < -0.39 is 0 Å². The maximum atomic E-state index is 10.7. The molecule has 0 aromatic carbocycles. The quantitative estimate of drug-likeness (QED) is 0.672. The van der Waals surface area contributed by atoms with E-state index in [1.165, 1.54) is 25.7 Å². The molecule has 4 atom stereocenters. The first-order valence-corrected chi connectivity index (χ1v) is 5.20. The number of hydrogen-bond acceptors (Lipinski definition) is 2. The van der Waals surface area contributed by atoms with Crippen molar-refractivity contribution in [2.45, 2.75) is 38.1 Å². The molecule has 0 aromatic rings. The summed E-state index contributed by atoms with van der Waals surface area (Å²) in [6.07, 6.45) is 5.65. The lowest BCUT2D eigenvalue weighted by atomic mass is 9.82. The lowest BCUT2D eigenvalue weighted by Crippen LogP contribution is -2.37. The fourth-order valence-corrected chi connectivity index (χ4v) is 3.20. The van der Waals surface area contributed by atoms with Crippen LogP contribution in [-0.2, 0) is 4.79 Å². The van der Waals surface area contributed by atoms with Crippen LogP contribution in [0, 0.1) is 17.8 Å². The van der Waals surface area contributed by atoms with E-state index in [1.807, 2.05) is 0 Å². The predicted octanol–water partition coefficient (Wildman–Crippen LogP) is 0.625. The van der Waals surface area contributed by atoms with Gasteiger partial charge in [0.15, 0.2) is 0 Å². The Morgan fingerprint density at radius 1 is 1.38 bits per heavy atom. The van der Waals surface area contributed by atoms with Crippen LogP contribution in [-0.4, -0.2) is 11.9 Å². The minimum atomic E-state index is -0.254. The van der Waals surface area contributed by atoms with Crippen LogP contribution in [0.5, 0.6) is 0 Å². The van der Waals surface area contributed by atoms with Gasteiger partial charge in [0.1, 0.15) is 0 Å². The van der Waals surface area contributed by atoms with E-state index in [0.717, 1.165) is 11.8 Å². The van der Waals surface area contributed by atoms with Gasteiger partial charge in [0.05, 0.1) is 0 Å². The Hall–Kier alpha value is -0.570. The third-order valence-electron chi connectivity index (χ3n) is 3.78. The summed E-state index contributed by atoms with van der Waals surface area (Å²) in [5.41, 5.74) is 11.1. The zero-order valence-electron chi connectivity index (χ0n) is 7.91. The minimum absolute atomic E-state index is 0.0211. The van der Waals surface area contributed by atoms with Crippen molar-refractivity contribution in [3.8, 4) is 0 Å². The third kappa shape index (κ3) is 1.70. The van der Waals surface area contributed by atoms with Gasteiger partial charge in [-0.25, -0.2) is 0 Å². The summed E-state index contributed by atoms with van der Waals surface area (Å²) >= 11 is 0. The van der Waals surface area contributed by atoms with Crippen molar-refractivity contribution in [1.82, 2.24) is 0 Å². The van der Waals surface area contributed by atoms with Crippen LogP contribution in [0.25, 0.3) is 0 Å². The van der Waals surface area contributed by atoms with Gasteiger partial charge >= 0.3 is 0 Å². The Morgan fingerprint density at radius 2 is 2.15 bits per heavy atom. The van der Waals surface area contributed by atoms with Crippen LogP contribution in [0.15, 0.2) is 0 Å². The Kier molecular flexibility index (Phi) is 2.28. The first kappa shape index (κ1) is 9.00. The molecule has 2 rings (SSSR count). The van der Waals surface area contributed by atoms with Crippen LogP contribution in [0.3, 0.4) is 0 Å². The van der Waals surface area contributed by atoms with Crippen molar-refractivity contribution in [3.05, 3.63) is 0 Å². The number of amides is 1. The van der Waals surface area contributed by atoms with Gasteiger partial charge in [0.25, 0.3) is 0 Å². The zero-order chi connectivity index (χ0) is 9.42. The van der Waals surface area contributed by atoms with Crippen molar-refractivity contribution in [2.24, 2.45) is 29.2 Å². The summed E-state index contributed by atoms with van der Waals surface area (Å²) in [4.78, 5) is 10.7. The average molecular weight is 182 g/mol. The number of hydrogen-bond donors (Lipinski definition) is 2. The molecule has 74 valence electrons. The van der Waals surface area contributed by atoms with Crippen molar-refractivity contribution < 1.29 is 4.79 Å². The van der Waals surface area contributed by atoms with E-state index in [0.29, 0.717) is 12.3 Å². The molecule has 13 heavy (non-hydrogen) atoms. The Morgan fingerprint density at radius 3 is 2.62 bits per heavy atom. The monoisotopic (exact) mass is 182 g/mol. The lowest BCUT2D eigenvalue weighted by Gasteiger charge is -2.26. The molecule has 0 radical (unpaired) electrons. The van der Waals surface area contributed by atoms with Gasteiger partial charge in [-0.15, -0.1) is 0 Å². The molecule has 0 aromatic heterocycles. The molecule has 0 heterocycles. The van der Waals surface area contributed by atoms with E-state index in [1.54, 1.807) is 0 Å². The second kappa shape index (κ2) is 3.29. The molecule has 2 fully saturated rings. The standard InChI is InChI=1S/C10H18N2O/c11-9(5-10(12)13)8-4-6-1-2-7(8)3-6/h6-9H,1-5,11H2,(H2,12,13). The highest BCUT2D eigenvalue weighted by atomic mass is 16.1. The van der Waals surface area contributed by atoms with E-state index in [-0.39, 0.29) is 11.9 Å². The van der Waals surface area contributed by atoms with Gasteiger partial charge in [-0.2, -0.15) is 0 Å². The molecule has 0 spiro atoms. The normalized spacial score (nSPS) is 39.3. The highest BCUT2D eigenvalue weighted by molar-refractivity contribution is 5.74. The zero-order valence-corrected chi connectivity index (χ0v) is 7.91.